The minimum Gasteiger partial charge on any atom is -0.270 e. The number of fused-ring (bicyclic) bond motifs is 1. The van der Waals surface area contributed by atoms with Crippen LogP contribution >= 0.6 is 23.4 Å². The van der Waals surface area contributed by atoms with Crippen LogP contribution in [0.2, 0.25) is 5.02 Å². The zero-order valence-electron chi connectivity index (χ0n) is 16.9. The average Bonchev–Trinajstić information content (AvgIpc) is 3.25. The Kier molecular flexibility index (Phi) is 5.42. The monoisotopic (exact) mass is 461 g/mol. The maximum atomic E-state index is 12.8. The Balaban J connectivity index is 1.58. The van der Waals surface area contributed by atoms with Crippen LogP contribution in [-0.2, 0) is 5.88 Å². The van der Waals surface area contributed by atoms with Crippen LogP contribution in [0.15, 0.2) is 76.9 Å². The molecule has 2 aromatic carbocycles. The normalized spacial score (nSPS) is 11.2. The molecule has 158 valence electrons. The molecule has 0 aliphatic rings. The summed E-state index contributed by atoms with van der Waals surface area (Å²) in [5, 5.41) is 18.8. The van der Waals surface area contributed by atoms with Crippen LogP contribution < -0.4 is 5.56 Å². The molecule has 10 heteroatoms. The topological polar surface area (TPSA) is 91.4 Å². The van der Waals surface area contributed by atoms with Gasteiger partial charge >= 0.3 is 0 Å². The van der Waals surface area contributed by atoms with Crippen LogP contribution in [0.5, 0.6) is 0 Å². The van der Waals surface area contributed by atoms with Gasteiger partial charge in [0.2, 0.25) is 0 Å². The lowest BCUT2D eigenvalue weighted by Crippen LogP contribution is -2.23. The summed E-state index contributed by atoms with van der Waals surface area (Å²) in [5.41, 5.74) is 2.97. The van der Waals surface area contributed by atoms with Gasteiger partial charge in [-0.2, -0.15) is 4.68 Å². The highest BCUT2D eigenvalue weighted by atomic mass is 35.5. The van der Waals surface area contributed by atoms with E-state index in [0.717, 1.165) is 16.8 Å². The molecule has 3 heterocycles. The van der Waals surface area contributed by atoms with Gasteiger partial charge < -0.3 is 0 Å². The van der Waals surface area contributed by atoms with Gasteiger partial charge in [0.15, 0.2) is 11.0 Å². The summed E-state index contributed by atoms with van der Waals surface area (Å²) in [7, 11) is 0. The second kappa shape index (κ2) is 8.52. The van der Waals surface area contributed by atoms with Crippen LogP contribution in [0, 0.1) is 6.92 Å². The maximum absolute atomic E-state index is 12.8. The van der Waals surface area contributed by atoms with Gasteiger partial charge in [0, 0.05) is 23.0 Å². The second-order valence-electron chi connectivity index (χ2n) is 6.95. The summed E-state index contributed by atoms with van der Waals surface area (Å²) < 4.78 is 3.25. The van der Waals surface area contributed by atoms with Crippen molar-refractivity contribution in [2.24, 2.45) is 0 Å². The van der Waals surface area contributed by atoms with Gasteiger partial charge in [-0.3, -0.25) is 14.3 Å². The van der Waals surface area contributed by atoms with Crippen molar-refractivity contribution in [3.63, 3.8) is 0 Å². The molecule has 0 radical (unpaired) electrons. The summed E-state index contributed by atoms with van der Waals surface area (Å²) >= 11 is 7.73. The molecule has 5 aromatic rings. The third kappa shape index (κ3) is 3.65. The third-order valence-electron chi connectivity index (χ3n) is 5.00. The van der Waals surface area contributed by atoms with E-state index in [-0.39, 0.29) is 11.4 Å². The summed E-state index contributed by atoms with van der Waals surface area (Å²) in [6, 6.07) is 16.6. The number of thioether (sulfide) groups is 1. The number of rotatable bonds is 5. The number of pyridine rings is 1. The van der Waals surface area contributed by atoms with Gasteiger partial charge in [0.1, 0.15) is 5.52 Å². The molecule has 0 aliphatic heterocycles. The molecule has 0 N–H and O–H groups in total. The van der Waals surface area contributed by atoms with Crippen molar-refractivity contribution >= 4 is 34.3 Å². The third-order valence-corrected chi connectivity index (χ3v) is 6.30. The van der Waals surface area contributed by atoms with Crippen LogP contribution in [0.25, 0.3) is 28.0 Å². The molecule has 0 atom stereocenters. The molecule has 5 rings (SSSR count). The number of nitrogens with zero attached hydrogens (tertiary/aromatic N) is 7. The van der Waals surface area contributed by atoms with Crippen molar-refractivity contribution in [1.82, 2.24) is 34.7 Å². The SMILES string of the molecule is Cc1c(Cl)cccc1-n1c(SCn2nnc3ccccc3c2=O)nnc1-c1ccncc1. The molecule has 32 heavy (non-hydrogen) atoms. The summed E-state index contributed by atoms with van der Waals surface area (Å²) in [4.78, 5) is 16.9. The highest BCUT2D eigenvalue weighted by molar-refractivity contribution is 7.98. The number of hydrogen-bond donors (Lipinski definition) is 0. The highest BCUT2D eigenvalue weighted by Crippen LogP contribution is 2.31. The lowest BCUT2D eigenvalue weighted by molar-refractivity contribution is 0.643. The lowest BCUT2D eigenvalue weighted by Gasteiger charge is -2.14. The minimum atomic E-state index is -0.206. The molecule has 3 aromatic heterocycles. The lowest BCUT2D eigenvalue weighted by atomic mass is 10.2. The zero-order chi connectivity index (χ0) is 22.1. The predicted octanol–water partition coefficient (Wildman–Crippen LogP) is 4.15. The van der Waals surface area contributed by atoms with E-state index >= 15 is 0 Å². The molecule has 0 unspecified atom stereocenters. The quantitative estimate of drug-likeness (QED) is 0.363. The van der Waals surface area contributed by atoms with Gasteiger partial charge in [-0.15, -0.1) is 15.3 Å². The molecule has 0 aliphatic carbocycles. The fourth-order valence-corrected chi connectivity index (χ4v) is 4.32. The van der Waals surface area contributed by atoms with E-state index in [1.807, 2.05) is 54.0 Å². The number of benzene rings is 2. The van der Waals surface area contributed by atoms with E-state index in [1.165, 1.54) is 16.4 Å². The molecule has 0 spiro atoms. The number of hydrogen-bond acceptors (Lipinski definition) is 7. The predicted molar refractivity (Wildman–Crippen MR) is 124 cm³/mol. The Labute approximate surface area is 191 Å². The van der Waals surface area contributed by atoms with Gasteiger partial charge in [-0.25, -0.2) is 0 Å². The van der Waals surface area contributed by atoms with Crippen molar-refractivity contribution in [2.75, 3.05) is 0 Å². The number of halogens is 1. The number of aromatic nitrogens is 7. The van der Waals surface area contributed by atoms with E-state index in [1.54, 1.807) is 24.5 Å². The van der Waals surface area contributed by atoms with Gasteiger partial charge in [0.05, 0.1) is 17.0 Å². The molecule has 0 amide bonds. The van der Waals surface area contributed by atoms with E-state index in [9.17, 15) is 4.79 Å². The Morgan fingerprint density at radius 2 is 1.78 bits per heavy atom. The summed E-state index contributed by atoms with van der Waals surface area (Å²) in [5.74, 6) is 0.877. The molecule has 0 saturated heterocycles. The maximum Gasteiger partial charge on any atom is 0.278 e. The summed E-state index contributed by atoms with van der Waals surface area (Å²) in [6.45, 7) is 1.95. The molecule has 0 fully saturated rings. The Morgan fingerprint density at radius 1 is 0.969 bits per heavy atom. The van der Waals surface area contributed by atoms with Crippen LogP contribution in [-0.4, -0.2) is 34.7 Å². The first-order valence-electron chi connectivity index (χ1n) is 9.70. The van der Waals surface area contributed by atoms with Gasteiger partial charge in [-0.1, -0.05) is 46.8 Å². The molecule has 8 nitrogen and oxygen atoms in total. The van der Waals surface area contributed by atoms with E-state index < -0.39 is 0 Å². The van der Waals surface area contributed by atoms with E-state index in [0.29, 0.717) is 26.9 Å². The first-order valence-corrected chi connectivity index (χ1v) is 11.1. The van der Waals surface area contributed by atoms with Crippen LogP contribution in [0.3, 0.4) is 0 Å². The van der Waals surface area contributed by atoms with Crippen molar-refractivity contribution in [3.8, 4) is 17.1 Å². The highest BCUT2D eigenvalue weighted by Gasteiger charge is 2.19. The second-order valence-corrected chi connectivity index (χ2v) is 8.27. The Hall–Kier alpha value is -3.56. The van der Waals surface area contributed by atoms with Crippen molar-refractivity contribution < 1.29 is 0 Å². The average molecular weight is 462 g/mol. The fraction of sp³-hybridized carbons (Fsp3) is 0.0909. The fourth-order valence-electron chi connectivity index (χ4n) is 3.33. The molecular formula is C22H16ClN7OS. The van der Waals surface area contributed by atoms with Crippen molar-refractivity contribution in [1.29, 1.82) is 0 Å². The first-order chi connectivity index (χ1) is 15.6. The van der Waals surface area contributed by atoms with Crippen LogP contribution in [0.4, 0.5) is 0 Å². The van der Waals surface area contributed by atoms with E-state index in [4.69, 9.17) is 11.6 Å². The van der Waals surface area contributed by atoms with Crippen molar-refractivity contribution in [2.45, 2.75) is 18.0 Å². The molecule has 0 saturated carbocycles. The minimum absolute atomic E-state index is 0.206. The van der Waals surface area contributed by atoms with Gasteiger partial charge in [0.25, 0.3) is 5.56 Å². The summed E-state index contributed by atoms with van der Waals surface area (Å²) in [6.07, 6.45) is 3.41. The van der Waals surface area contributed by atoms with E-state index in [2.05, 4.69) is 25.5 Å². The smallest absolute Gasteiger partial charge is 0.270 e. The van der Waals surface area contributed by atoms with Crippen LogP contribution in [0.1, 0.15) is 5.56 Å². The van der Waals surface area contributed by atoms with Gasteiger partial charge in [-0.05, 0) is 48.9 Å². The molecule has 0 bridgehead atoms. The standard InChI is InChI=1S/C22H16ClN7OS/c1-14-17(23)6-4-8-19(14)30-20(15-9-11-24-12-10-15)26-27-22(30)32-13-29-21(31)16-5-2-3-7-18(16)25-28-29/h2-12H,13H2,1H3. The first kappa shape index (κ1) is 20.3. The Bertz CT molecular complexity index is 1480. The van der Waals surface area contributed by atoms with Crippen molar-refractivity contribution in [3.05, 3.63) is 87.9 Å². The molecular weight excluding hydrogens is 446 g/mol. The zero-order valence-corrected chi connectivity index (χ0v) is 18.5. The largest absolute Gasteiger partial charge is 0.278 e. The Morgan fingerprint density at radius 3 is 2.62 bits per heavy atom.